The monoisotopic (exact) mass is 494 g/mol. The summed E-state index contributed by atoms with van der Waals surface area (Å²) in [5.74, 6) is -1.09. The van der Waals surface area contributed by atoms with Crippen LogP contribution in [-0.4, -0.2) is 39.1 Å². The molecular weight excluding hydrogens is 467 g/mol. The van der Waals surface area contributed by atoms with Gasteiger partial charge in [0.1, 0.15) is 5.82 Å². The normalized spacial score (nSPS) is 20.1. The number of hydrogen-bond acceptors (Lipinski definition) is 6. The van der Waals surface area contributed by atoms with Gasteiger partial charge in [-0.2, -0.15) is 0 Å². The van der Waals surface area contributed by atoms with Gasteiger partial charge in [0.05, 0.1) is 29.9 Å². The molecule has 1 amide bonds. The molecule has 5 rings (SSSR count). The molecule has 0 saturated heterocycles. The van der Waals surface area contributed by atoms with Crippen LogP contribution in [0.1, 0.15) is 61.3 Å². The molecule has 0 radical (unpaired) electrons. The predicted molar refractivity (Wildman–Crippen MR) is 130 cm³/mol. The quantitative estimate of drug-likeness (QED) is 0.546. The van der Waals surface area contributed by atoms with E-state index in [9.17, 15) is 23.6 Å². The third-order valence-electron chi connectivity index (χ3n) is 7.30. The zero-order valence-corrected chi connectivity index (χ0v) is 19.9. The molecule has 2 aliphatic rings. The lowest BCUT2D eigenvalue weighted by atomic mass is 9.84. The molecule has 9 nitrogen and oxygen atoms in total. The summed E-state index contributed by atoms with van der Waals surface area (Å²) in [5, 5.41) is 3.08. The summed E-state index contributed by atoms with van der Waals surface area (Å²) < 4.78 is 21.3. The molecule has 188 valence electrons. The highest BCUT2D eigenvalue weighted by Crippen LogP contribution is 2.30. The minimum absolute atomic E-state index is 0.00332. The van der Waals surface area contributed by atoms with Gasteiger partial charge in [-0.15, -0.1) is 0 Å². The standard InChI is InChI=1S/C26H27FN4O5/c1-36-25(34)16-6-3-7-20(12-16)30-22-21(13-17(27)14-28-22)24(33)31(26(30)35)19-10-8-18(9-11-19)29-23(32)15-4-2-5-15/h3,6-7,12-15,18-19H,2,4-5,8-11H2,1H3,(H,29,32). The first kappa shape index (κ1) is 23.9. The van der Waals surface area contributed by atoms with Crippen molar-refractivity contribution in [2.45, 2.75) is 57.0 Å². The number of benzene rings is 1. The van der Waals surface area contributed by atoms with Crippen molar-refractivity contribution in [2.75, 3.05) is 7.11 Å². The lowest BCUT2D eigenvalue weighted by Crippen LogP contribution is -2.46. The molecule has 2 saturated carbocycles. The summed E-state index contributed by atoms with van der Waals surface area (Å²) in [6, 6.07) is 6.89. The number of fused-ring (bicyclic) bond motifs is 1. The molecule has 10 heteroatoms. The molecular formula is C26H27FN4O5. The second-order valence-electron chi connectivity index (χ2n) is 9.50. The highest BCUT2D eigenvalue weighted by Gasteiger charge is 2.31. The van der Waals surface area contributed by atoms with E-state index in [1.807, 2.05) is 0 Å². The zero-order chi connectivity index (χ0) is 25.4. The summed E-state index contributed by atoms with van der Waals surface area (Å²) in [6.45, 7) is 0. The number of pyridine rings is 1. The number of ether oxygens (including phenoxy) is 1. The summed E-state index contributed by atoms with van der Waals surface area (Å²) in [5.41, 5.74) is -0.689. The van der Waals surface area contributed by atoms with E-state index in [2.05, 4.69) is 10.3 Å². The second-order valence-corrected chi connectivity index (χ2v) is 9.50. The number of carbonyl (C=O) groups is 2. The van der Waals surface area contributed by atoms with Crippen LogP contribution in [0, 0.1) is 11.7 Å². The van der Waals surface area contributed by atoms with Crippen molar-refractivity contribution in [1.82, 2.24) is 19.4 Å². The minimum atomic E-state index is -0.693. The highest BCUT2D eigenvalue weighted by molar-refractivity contribution is 5.90. The van der Waals surface area contributed by atoms with E-state index in [1.54, 1.807) is 18.2 Å². The van der Waals surface area contributed by atoms with Crippen molar-refractivity contribution >= 4 is 22.9 Å². The first-order chi connectivity index (χ1) is 17.4. The van der Waals surface area contributed by atoms with E-state index >= 15 is 0 Å². The third-order valence-corrected chi connectivity index (χ3v) is 7.30. The number of amides is 1. The average Bonchev–Trinajstić information content (AvgIpc) is 2.84. The largest absolute Gasteiger partial charge is 0.465 e. The molecule has 0 unspecified atom stereocenters. The number of nitrogens with zero attached hydrogens (tertiary/aromatic N) is 3. The Labute approximate surface area is 205 Å². The minimum Gasteiger partial charge on any atom is -0.465 e. The number of hydrogen-bond donors (Lipinski definition) is 1. The summed E-state index contributed by atoms with van der Waals surface area (Å²) in [7, 11) is 1.26. The van der Waals surface area contributed by atoms with Crippen molar-refractivity contribution in [1.29, 1.82) is 0 Å². The maximum absolute atomic E-state index is 14.1. The van der Waals surface area contributed by atoms with Gasteiger partial charge < -0.3 is 10.1 Å². The van der Waals surface area contributed by atoms with E-state index in [-0.39, 0.29) is 34.5 Å². The maximum atomic E-state index is 14.1. The van der Waals surface area contributed by atoms with Crippen molar-refractivity contribution < 1.29 is 18.7 Å². The van der Waals surface area contributed by atoms with Gasteiger partial charge in [-0.3, -0.25) is 14.2 Å². The number of nitrogens with one attached hydrogen (secondary N) is 1. The first-order valence-corrected chi connectivity index (χ1v) is 12.2. The van der Waals surface area contributed by atoms with Crippen LogP contribution in [-0.2, 0) is 9.53 Å². The Bertz CT molecular complexity index is 1450. The van der Waals surface area contributed by atoms with Gasteiger partial charge in [-0.05, 0) is 62.8 Å². The lowest BCUT2D eigenvalue weighted by Gasteiger charge is -2.32. The maximum Gasteiger partial charge on any atom is 0.337 e. The number of carbonyl (C=O) groups excluding carboxylic acids is 2. The number of rotatable bonds is 5. The second kappa shape index (κ2) is 9.67. The molecule has 1 N–H and O–H groups in total. The molecule has 3 aromatic rings. The van der Waals surface area contributed by atoms with Crippen LogP contribution in [0.15, 0.2) is 46.1 Å². The van der Waals surface area contributed by atoms with Crippen LogP contribution in [0.2, 0.25) is 0 Å². The molecule has 2 fully saturated rings. The van der Waals surface area contributed by atoms with Crippen LogP contribution >= 0.6 is 0 Å². The lowest BCUT2D eigenvalue weighted by molar-refractivity contribution is -0.128. The summed E-state index contributed by atoms with van der Waals surface area (Å²) >= 11 is 0. The van der Waals surface area contributed by atoms with Crippen molar-refractivity contribution in [3.63, 3.8) is 0 Å². The van der Waals surface area contributed by atoms with Crippen LogP contribution in [0.5, 0.6) is 0 Å². The molecule has 0 aliphatic heterocycles. The van der Waals surface area contributed by atoms with Crippen LogP contribution in [0.4, 0.5) is 4.39 Å². The fourth-order valence-electron chi connectivity index (χ4n) is 5.09. The van der Waals surface area contributed by atoms with Gasteiger partial charge in [-0.25, -0.2) is 23.5 Å². The van der Waals surface area contributed by atoms with E-state index in [0.29, 0.717) is 31.4 Å². The predicted octanol–water partition coefficient (Wildman–Crippen LogP) is 2.87. The molecule has 2 aliphatic carbocycles. The Hall–Kier alpha value is -3.82. The fourth-order valence-corrected chi connectivity index (χ4v) is 5.09. The van der Waals surface area contributed by atoms with Crippen LogP contribution in [0.25, 0.3) is 16.7 Å². The Morgan fingerprint density at radius 2 is 1.83 bits per heavy atom. The van der Waals surface area contributed by atoms with E-state index < -0.39 is 29.1 Å². The zero-order valence-electron chi connectivity index (χ0n) is 19.9. The van der Waals surface area contributed by atoms with E-state index in [0.717, 1.165) is 36.1 Å². The highest BCUT2D eigenvalue weighted by atomic mass is 19.1. The van der Waals surface area contributed by atoms with Gasteiger partial charge >= 0.3 is 11.7 Å². The van der Waals surface area contributed by atoms with Crippen molar-refractivity contribution in [3.05, 3.63) is 68.7 Å². The van der Waals surface area contributed by atoms with Gasteiger partial charge in [0.2, 0.25) is 5.91 Å². The topological polar surface area (TPSA) is 112 Å². The van der Waals surface area contributed by atoms with Crippen LogP contribution < -0.4 is 16.6 Å². The Morgan fingerprint density at radius 1 is 1.08 bits per heavy atom. The summed E-state index contributed by atoms with van der Waals surface area (Å²) in [6.07, 6.45) is 6.17. The molecule has 0 atom stereocenters. The molecule has 2 aromatic heterocycles. The van der Waals surface area contributed by atoms with Gasteiger partial charge in [-0.1, -0.05) is 12.5 Å². The third kappa shape index (κ3) is 4.31. The Balaban J connectivity index is 1.53. The van der Waals surface area contributed by atoms with Crippen molar-refractivity contribution in [3.8, 4) is 5.69 Å². The van der Waals surface area contributed by atoms with E-state index in [1.165, 1.54) is 17.7 Å². The molecule has 0 spiro atoms. The molecule has 36 heavy (non-hydrogen) atoms. The smallest absolute Gasteiger partial charge is 0.337 e. The first-order valence-electron chi connectivity index (χ1n) is 12.2. The number of aromatic nitrogens is 3. The SMILES string of the molecule is COC(=O)c1cccc(-n2c(=O)n(C3CCC(NC(=O)C4CCC4)CC3)c(=O)c3cc(F)cnc32)c1. The number of halogens is 1. The number of methoxy groups -OCH3 is 1. The average molecular weight is 495 g/mol. The molecule has 2 heterocycles. The van der Waals surface area contributed by atoms with Crippen LogP contribution in [0.3, 0.4) is 0 Å². The van der Waals surface area contributed by atoms with E-state index in [4.69, 9.17) is 4.74 Å². The summed E-state index contributed by atoms with van der Waals surface area (Å²) in [4.78, 5) is 55.6. The number of esters is 1. The van der Waals surface area contributed by atoms with Gasteiger partial charge in [0.25, 0.3) is 5.56 Å². The molecule has 1 aromatic carbocycles. The molecule has 0 bridgehead atoms. The van der Waals surface area contributed by atoms with Crippen molar-refractivity contribution in [2.24, 2.45) is 5.92 Å². The fraction of sp³-hybridized carbons (Fsp3) is 0.423. The van der Waals surface area contributed by atoms with Gasteiger partial charge in [0.15, 0.2) is 5.65 Å². The Morgan fingerprint density at radius 3 is 2.50 bits per heavy atom. The van der Waals surface area contributed by atoms with Gasteiger partial charge in [0, 0.05) is 18.0 Å². The Kier molecular flexibility index (Phi) is 6.42.